The standard InChI is InChI=1S/C11H11F5N2O2/c1-20-8-3-2-6(4-7(8)17)5-18-9(19)10(12,13)11(14,15)16/h2-4H,5,17H2,1H3,(H,18,19). The molecule has 0 saturated carbocycles. The van der Waals surface area contributed by atoms with Gasteiger partial charge in [0.15, 0.2) is 0 Å². The molecule has 0 saturated heterocycles. The number of ether oxygens (including phenoxy) is 1. The molecule has 3 N–H and O–H groups in total. The molecule has 0 aromatic heterocycles. The van der Waals surface area contributed by atoms with Crippen molar-refractivity contribution in [1.82, 2.24) is 5.32 Å². The van der Waals surface area contributed by atoms with Gasteiger partial charge in [0.2, 0.25) is 0 Å². The molecule has 1 rings (SSSR count). The molecule has 1 amide bonds. The van der Waals surface area contributed by atoms with E-state index in [2.05, 4.69) is 0 Å². The molecule has 0 aliphatic heterocycles. The van der Waals surface area contributed by atoms with Crippen LogP contribution in [0.4, 0.5) is 27.6 Å². The minimum atomic E-state index is -5.93. The zero-order valence-electron chi connectivity index (χ0n) is 10.2. The van der Waals surface area contributed by atoms with Crippen LogP contribution in [0.25, 0.3) is 0 Å². The molecule has 1 aromatic carbocycles. The average Bonchev–Trinajstić information content (AvgIpc) is 2.34. The van der Waals surface area contributed by atoms with Crippen molar-refractivity contribution in [2.75, 3.05) is 12.8 Å². The molecule has 20 heavy (non-hydrogen) atoms. The average molecular weight is 298 g/mol. The highest BCUT2D eigenvalue weighted by Crippen LogP contribution is 2.35. The number of alkyl halides is 5. The molecule has 0 atom stereocenters. The highest BCUT2D eigenvalue weighted by atomic mass is 19.4. The molecule has 0 bridgehead atoms. The maximum absolute atomic E-state index is 12.6. The molecule has 0 aliphatic rings. The van der Waals surface area contributed by atoms with Crippen molar-refractivity contribution in [3.05, 3.63) is 23.8 Å². The Morgan fingerprint density at radius 1 is 1.30 bits per heavy atom. The lowest BCUT2D eigenvalue weighted by molar-refractivity contribution is -0.269. The number of benzene rings is 1. The third kappa shape index (κ3) is 3.28. The molecule has 0 spiro atoms. The molecule has 4 nitrogen and oxygen atoms in total. The molecule has 0 heterocycles. The van der Waals surface area contributed by atoms with Gasteiger partial charge < -0.3 is 15.8 Å². The number of hydrogen-bond donors (Lipinski definition) is 2. The van der Waals surface area contributed by atoms with E-state index in [1.807, 2.05) is 0 Å². The maximum atomic E-state index is 12.6. The summed E-state index contributed by atoms with van der Waals surface area (Å²) in [4.78, 5) is 10.9. The number of methoxy groups -OCH3 is 1. The second-order valence-electron chi connectivity index (χ2n) is 3.83. The van der Waals surface area contributed by atoms with Crippen LogP contribution in [0.2, 0.25) is 0 Å². The Morgan fingerprint density at radius 3 is 2.35 bits per heavy atom. The topological polar surface area (TPSA) is 64.3 Å². The summed E-state index contributed by atoms with van der Waals surface area (Å²) < 4.78 is 65.9. The maximum Gasteiger partial charge on any atom is 0.463 e. The zero-order valence-corrected chi connectivity index (χ0v) is 10.2. The van der Waals surface area contributed by atoms with E-state index in [0.717, 1.165) is 0 Å². The van der Waals surface area contributed by atoms with Gasteiger partial charge in [-0.15, -0.1) is 0 Å². The van der Waals surface area contributed by atoms with Gasteiger partial charge in [-0.25, -0.2) is 0 Å². The Hall–Kier alpha value is -2.06. The van der Waals surface area contributed by atoms with Crippen LogP contribution in [0.15, 0.2) is 18.2 Å². The number of nitrogens with two attached hydrogens (primary N) is 1. The van der Waals surface area contributed by atoms with Crippen molar-refractivity contribution in [3.63, 3.8) is 0 Å². The number of carbonyl (C=O) groups excluding carboxylic acids is 1. The summed E-state index contributed by atoms with van der Waals surface area (Å²) in [6.07, 6.45) is -5.93. The number of carbonyl (C=O) groups is 1. The molecule has 9 heteroatoms. The fraction of sp³-hybridized carbons (Fsp3) is 0.364. The van der Waals surface area contributed by atoms with Gasteiger partial charge in [0.05, 0.1) is 12.8 Å². The predicted molar refractivity (Wildman–Crippen MR) is 60.3 cm³/mol. The number of hydrogen-bond acceptors (Lipinski definition) is 3. The third-order valence-corrected chi connectivity index (χ3v) is 2.39. The lowest BCUT2D eigenvalue weighted by Gasteiger charge is -2.18. The van der Waals surface area contributed by atoms with Crippen LogP contribution in [-0.2, 0) is 11.3 Å². The molecule has 0 aliphatic carbocycles. The van der Waals surface area contributed by atoms with Gasteiger partial charge >= 0.3 is 18.0 Å². The molecule has 1 aromatic rings. The van der Waals surface area contributed by atoms with Gasteiger partial charge in [0, 0.05) is 6.54 Å². The SMILES string of the molecule is COc1ccc(CNC(=O)C(F)(F)C(F)(F)F)cc1N. The second-order valence-corrected chi connectivity index (χ2v) is 3.83. The highest BCUT2D eigenvalue weighted by Gasteiger charge is 2.63. The number of rotatable bonds is 4. The van der Waals surface area contributed by atoms with Crippen LogP contribution in [-0.4, -0.2) is 25.1 Å². The largest absolute Gasteiger partial charge is 0.495 e. The summed E-state index contributed by atoms with van der Waals surface area (Å²) in [5, 5.41) is 1.51. The van der Waals surface area contributed by atoms with Gasteiger partial charge in [0.25, 0.3) is 0 Å². The van der Waals surface area contributed by atoms with Crippen molar-refractivity contribution in [2.45, 2.75) is 18.6 Å². The summed E-state index contributed by atoms with van der Waals surface area (Å²) in [6.45, 7) is -0.515. The Kier molecular flexibility index (Phi) is 4.41. The molecule has 0 radical (unpaired) electrons. The summed E-state index contributed by atoms with van der Waals surface area (Å²) >= 11 is 0. The lowest BCUT2D eigenvalue weighted by atomic mass is 10.2. The second kappa shape index (κ2) is 5.51. The summed E-state index contributed by atoms with van der Waals surface area (Å²) in [5.41, 5.74) is 5.95. The number of amides is 1. The van der Waals surface area contributed by atoms with E-state index < -0.39 is 24.6 Å². The summed E-state index contributed by atoms with van der Waals surface area (Å²) in [7, 11) is 1.36. The van der Waals surface area contributed by atoms with Crippen LogP contribution < -0.4 is 15.8 Å². The van der Waals surface area contributed by atoms with Crippen molar-refractivity contribution < 1.29 is 31.5 Å². The Labute approximate surface area is 110 Å². The quantitative estimate of drug-likeness (QED) is 0.661. The van der Waals surface area contributed by atoms with E-state index in [0.29, 0.717) is 5.75 Å². The van der Waals surface area contributed by atoms with E-state index in [4.69, 9.17) is 10.5 Å². The number of nitrogen functional groups attached to an aromatic ring is 1. The first kappa shape index (κ1) is 16.0. The van der Waals surface area contributed by atoms with Crippen LogP contribution >= 0.6 is 0 Å². The van der Waals surface area contributed by atoms with Crippen molar-refractivity contribution in [3.8, 4) is 5.75 Å². The van der Waals surface area contributed by atoms with E-state index in [-0.39, 0.29) is 11.3 Å². The van der Waals surface area contributed by atoms with Gasteiger partial charge in [-0.2, -0.15) is 22.0 Å². The van der Waals surface area contributed by atoms with Crippen LogP contribution in [0.3, 0.4) is 0 Å². The Balaban J connectivity index is 2.73. The normalized spacial score (nSPS) is 12.1. The first-order chi connectivity index (χ1) is 9.09. The van der Waals surface area contributed by atoms with E-state index >= 15 is 0 Å². The number of anilines is 1. The first-order valence-electron chi connectivity index (χ1n) is 5.25. The molecule has 112 valence electrons. The highest BCUT2D eigenvalue weighted by molar-refractivity contribution is 5.84. The molecule has 0 unspecified atom stereocenters. The van der Waals surface area contributed by atoms with Crippen LogP contribution in [0.5, 0.6) is 5.75 Å². The number of halogens is 5. The summed E-state index contributed by atoms with van der Waals surface area (Å²) in [6, 6.07) is 4.07. The van der Waals surface area contributed by atoms with E-state index in [1.54, 1.807) is 0 Å². The van der Waals surface area contributed by atoms with E-state index in [9.17, 15) is 26.7 Å². The fourth-order valence-electron chi connectivity index (χ4n) is 1.32. The van der Waals surface area contributed by atoms with Gasteiger partial charge in [-0.1, -0.05) is 6.07 Å². The number of nitrogens with one attached hydrogen (secondary N) is 1. The Bertz CT molecular complexity index is 502. The van der Waals surface area contributed by atoms with Crippen LogP contribution in [0, 0.1) is 0 Å². The third-order valence-electron chi connectivity index (χ3n) is 2.39. The summed E-state index contributed by atoms with van der Waals surface area (Å²) in [5.74, 6) is -7.54. The van der Waals surface area contributed by atoms with Crippen molar-refractivity contribution >= 4 is 11.6 Å². The Morgan fingerprint density at radius 2 is 1.90 bits per heavy atom. The molecular formula is C11H11F5N2O2. The minimum Gasteiger partial charge on any atom is -0.495 e. The van der Waals surface area contributed by atoms with Gasteiger partial charge in [0.1, 0.15) is 5.75 Å². The monoisotopic (exact) mass is 298 g/mol. The first-order valence-corrected chi connectivity index (χ1v) is 5.25. The molecule has 0 fully saturated rings. The van der Waals surface area contributed by atoms with E-state index in [1.165, 1.54) is 30.6 Å². The smallest absolute Gasteiger partial charge is 0.463 e. The van der Waals surface area contributed by atoms with Crippen LogP contribution in [0.1, 0.15) is 5.56 Å². The van der Waals surface area contributed by atoms with Gasteiger partial charge in [-0.05, 0) is 17.7 Å². The van der Waals surface area contributed by atoms with Crippen molar-refractivity contribution in [1.29, 1.82) is 0 Å². The van der Waals surface area contributed by atoms with Gasteiger partial charge in [-0.3, -0.25) is 4.79 Å². The minimum absolute atomic E-state index is 0.168. The molecular weight excluding hydrogens is 287 g/mol. The fourth-order valence-corrected chi connectivity index (χ4v) is 1.32. The zero-order chi connectivity index (χ0) is 15.6. The lowest BCUT2D eigenvalue weighted by Crippen LogP contribution is -2.50. The van der Waals surface area contributed by atoms with Crippen molar-refractivity contribution in [2.24, 2.45) is 0 Å². The predicted octanol–water partition coefficient (Wildman–Crippen LogP) is 2.09.